The number of rotatable bonds is 10. The summed E-state index contributed by atoms with van der Waals surface area (Å²) in [5, 5.41) is 12.8. The van der Waals surface area contributed by atoms with Gasteiger partial charge in [0.05, 0.1) is 41.9 Å². The van der Waals surface area contributed by atoms with E-state index >= 15 is 0 Å². The normalized spacial score (nSPS) is 26.0. The standard InChI is InChI=1S/C35H38BN3O4/c1-34(2)27-21-30(34)35(3)31(22-27)42-36(43-35)32(20-24-10-5-4-6-11-24)39-33(40)15-17-41-28-13-9-12-25(19-28)18-26(23-37)29-14-7-8-16-38-29/h4-14,16,18-19,27,30-32H,15,17,20-22H2,1-3H3,(H,39,40)/b26-18+/t27-,30-,31+,32-,35-/m0/s1. The molecular formula is C35H38BN3O4. The van der Waals surface area contributed by atoms with Crippen LogP contribution in [0.4, 0.5) is 0 Å². The molecule has 0 spiro atoms. The Hall–Kier alpha value is -3.93. The number of hydrogen-bond donors (Lipinski definition) is 1. The second-order valence-corrected chi connectivity index (χ2v) is 12.8. The van der Waals surface area contributed by atoms with Crippen molar-refractivity contribution >= 4 is 24.7 Å². The number of nitriles is 1. The van der Waals surface area contributed by atoms with Gasteiger partial charge in [-0.25, -0.2) is 0 Å². The minimum absolute atomic E-state index is 0.0494. The smallest absolute Gasteiger partial charge is 0.482 e. The molecular weight excluding hydrogens is 537 g/mol. The summed E-state index contributed by atoms with van der Waals surface area (Å²) in [6, 6.07) is 25.3. The van der Waals surface area contributed by atoms with Gasteiger partial charge in [-0.2, -0.15) is 5.26 Å². The van der Waals surface area contributed by atoms with Gasteiger partial charge in [0, 0.05) is 6.20 Å². The van der Waals surface area contributed by atoms with Crippen molar-refractivity contribution in [1.82, 2.24) is 10.3 Å². The average Bonchev–Trinajstić information content (AvgIpc) is 3.38. The maximum Gasteiger partial charge on any atom is 0.482 e. The van der Waals surface area contributed by atoms with Crippen LogP contribution in [-0.2, 0) is 20.5 Å². The fourth-order valence-corrected chi connectivity index (χ4v) is 7.24. The van der Waals surface area contributed by atoms with Crippen LogP contribution in [0.15, 0.2) is 79.0 Å². The van der Waals surface area contributed by atoms with E-state index in [1.165, 1.54) is 6.42 Å². The average molecular weight is 576 g/mol. The lowest BCUT2D eigenvalue weighted by atomic mass is 9.43. The Labute approximate surface area is 254 Å². The maximum atomic E-state index is 13.2. The Kier molecular flexibility index (Phi) is 8.13. The molecule has 3 saturated carbocycles. The molecule has 0 radical (unpaired) electrons. The Morgan fingerprint density at radius 2 is 1.95 bits per heavy atom. The number of hydrogen-bond acceptors (Lipinski definition) is 6. The van der Waals surface area contributed by atoms with Gasteiger partial charge < -0.3 is 19.4 Å². The summed E-state index contributed by atoms with van der Waals surface area (Å²) in [5.41, 5.74) is 2.93. The van der Waals surface area contributed by atoms with E-state index < -0.39 is 7.12 Å². The summed E-state index contributed by atoms with van der Waals surface area (Å²) < 4.78 is 19.2. The van der Waals surface area contributed by atoms with E-state index in [1.54, 1.807) is 18.3 Å². The van der Waals surface area contributed by atoms with E-state index in [1.807, 2.05) is 54.6 Å². The zero-order chi connectivity index (χ0) is 30.0. The lowest BCUT2D eigenvalue weighted by Crippen LogP contribution is -2.65. The molecule has 220 valence electrons. The third-order valence-corrected chi connectivity index (χ3v) is 9.77. The zero-order valence-corrected chi connectivity index (χ0v) is 25.0. The van der Waals surface area contributed by atoms with Gasteiger partial charge >= 0.3 is 7.12 Å². The zero-order valence-electron chi connectivity index (χ0n) is 25.0. The molecule has 1 saturated heterocycles. The van der Waals surface area contributed by atoms with Crippen molar-refractivity contribution in [3.63, 3.8) is 0 Å². The van der Waals surface area contributed by atoms with Crippen LogP contribution in [0.2, 0.25) is 0 Å². The first-order valence-corrected chi connectivity index (χ1v) is 15.2. The fourth-order valence-electron chi connectivity index (χ4n) is 7.24. The molecule has 3 aliphatic carbocycles. The van der Waals surface area contributed by atoms with E-state index in [0.29, 0.717) is 35.3 Å². The first-order valence-electron chi connectivity index (χ1n) is 15.2. The summed E-state index contributed by atoms with van der Waals surface area (Å²) in [6.07, 6.45) is 6.48. The Morgan fingerprint density at radius 1 is 1.14 bits per heavy atom. The molecule has 3 aromatic rings. The number of carbonyl (C=O) groups is 1. The molecule has 2 heterocycles. The highest BCUT2D eigenvalue weighted by Gasteiger charge is 2.68. The molecule has 4 aliphatic rings. The molecule has 5 atom stereocenters. The number of nitrogens with zero attached hydrogens (tertiary/aromatic N) is 2. The topological polar surface area (TPSA) is 93.5 Å². The molecule has 7 nitrogen and oxygen atoms in total. The fraction of sp³-hybridized carbons (Fsp3) is 0.400. The minimum atomic E-state index is -0.507. The molecule has 0 unspecified atom stereocenters. The molecule has 8 heteroatoms. The number of allylic oxidation sites excluding steroid dienone is 1. The number of ether oxygens (including phenoxy) is 1. The van der Waals surface area contributed by atoms with Crippen LogP contribution < -0.4 is 10.1 Å². The van der Waals surface area contributed by atoms with Crippen LogP contribution in [0.5, 0.6) is 5.75 Å². The van der Waals surface area contributed by atoms with E-state index in [9.17, 15) is 10.1 Å². The summed E-state index contributed by atoms with van der Waals surface area (Å²) in [6.45, 7) is 7.12. The van der Waals surface area contributed by atoms with E-state index in [0.717, 1.165) is 17.5 Å². The second-order valence-electron chi connectivity index (χ2n) is 12.8. The SMILES string of the molecule is CC1(C)[C@@H]2C[C@H]3OB([C@H](Cc4ccccc4)NC(=O)CCOc4cccc(/C=C(\C#N)c5ccccn5)c4)O[C@@]3(C)[C@H]1C2. The molecule has 43 heavy (non-hydrogen) atoms. The highest BCUT2D eigenvalue weighted by molar-refractivity contribution is 6.48. The lowest BCUT2D eigenvalue weighted by molar-refractivity contribution is -0.199. The van der Waals surface area contributed by atoms with Crippen molar-refractivity contribution in [2.45, 2.75) is 64.1 Å². The van der Waals surface area contributed by atoms with Gasteiger partial charge in [-0.3, -0.25) is 9.78 Å². The molecule has 2 bridgehead atoms. The first kappa shape index (κ1) is 29.2. The van der Waals surface area contributed by atoms with Gasteiger partial charge in [0.15, 0.2) is 0 Å². The molecule has 4 fully saturated rings. The summed E-state index contributed by atoms with van der Waals surface area (Å²) >= 11 is 0. The number of nitrogens with one attached hydrogen (secondary N) is 1. The lowest BCUT2D eigenvalue weighted by Gasteiger charge is -2.64. The van der Waals surface area contributed by atoms with Crippen LogP contribution in [0, 0.1) is 28.6 Å². The minimum Gasteiger partial charge on any atom is -0.493 e. The van der Waals surface area contributed by atoms with Gasteiger partial charge in [-0.05, 0) is 84.9 Å². The molecule has 2 aromatic carbocycles. The Bertz CT molecular complexity index is 1520. The number of benzene rings is 2. The van der Waals surface area contributed by atoms with Crippen molar-refractivity contribution in [3.8, 4) is 11.8 Å². The molecule has 1 aromatic heterocycles. The summed E-state index contributed by atoms with van der Waals surface area (Å²) in [5.74, 6) is 1.31. The van der Waals surface area contributed by atoms with Crippen molar-refractivity contribution in [2.75, 3.05) is 6.61 Å². The van der Waals surface area contributed by atoms with Gasteiger partial charge in [0.25, 0.3) is 0 Å². The molecule has 1 amide bonds. The maximum absolute atomic E-state index is 13.2. The van der Waals surface area contributed by atoms with E-state index in [-0.39, 0.29) is 42.0 Å². The van der Waals surface area contributed by atoms with Crippen molar-refractivity contribution in [2.24, 2.45) is 17.3 Å². The predicted molar refractivity (Wildman–Crippen MR) is 166 cm³/mol. The largest absolute Gasteiger partial charge is 0.493 e. The van der Waals surface area contributed by atoms with E-state index in [4.69, 9.17) is 14.0 Å². The third-order valence-electron chi connectivity index (χ3n) is 9.77. The Morgan fingerprint density at radius 3 is 2.70 bits per heavy atom. The summed E-state index contributed by atoms with van der Waals surface area (Å²) in [7, 11) is -0.507. The highest BCUT2D eigenvalue weighted by atomic mass is 16.7. The van der Waals surface area contributed by atoms with E-state index in [2.05, 4.69) is 49.3 Å². The van der Waals surface area contributed by atoms with Crippen LogP contribution in [0.25, 0.3) is 11.6 Å². The van der Waals surface area contributed by atoms with Crippen molar-refractivity contribution in [3.05, 3.63) is 95.8 Å². The van der Waals surface area contributed by atoms with Crippen LogP contribution in [0.3, 0.4) is 0 Å². The summed E-state index contributed by atoms with van der Waals surface area (Å²) in [4.78, 5) is 17.5. The van der Waals surface area contributed by atoms with Gasteiger partial charge in [-0.15, -0.1) is 0 Å². The van der Waals surface area contributed by atoms with Crippen LogP contribution in [0.1, 0.15) is 56.9 Å². The first-order chi connectivity index (χ1) is 20.8. The van der Waals surface area contributed by atoms with Gasteiger partial charge in [0.2, 0.25) is 5.91 Å². The quantitative estimate of drug-likeness (QED) is 0.239. The number of pyridine rings is 1. The predicted octanol–water partition coefficient (Wildman–Crippen LogP) is 5.91. The highest BCUT2D eigenvalue weighted by Crippen LogP contribution is 2.65. The number of amides is 1. The molecule has 1 N–H and O–H groups in total. The monoisotopic (exact) mass is 575 g/mol. The van der Waals surface area contributed by atoms with Crippen molar-refractivity contribution < 1.29 is 18.8 Å². The third kappa shape index (κ3) is 5.97. The Balaban J connectivity index is 1.09. The number of carbonyl (C=O) groups excluding carboxylic acids is 1. The van der Waals surface area contributed by atoms with Crippen molar-refractivity contribution in [1.29, 1.82) is 5.26 Å². The molecule has 1 aliphatic heterocycles. The van der Waals surface area contributed by atoms with Crippen LogP contribution >= 0.6 is 0 Å². The number of aromatic nitrogens is 1. The van der Waals surface area contributed by atoms with Gasteiger partial charge in [0.1, 0.15) is 11.8 Å². The van der Waals surface area contributed by atoms with Gasteiger partial charge in [-0.1, -0.05) is 62.4 Å². The second kappa shape index (κ2) is 12.0. The molecule has 7 rings (SSSR count). The van der Waals surface area contributed by atoms with Crippen LogP contribution in [-0.4, -0.2) is 42.3 Å².